The first-order valence-corrected chi connectivity index (χ1v) is 27.3. The number of nitrogens with zero attached hydrogens (tertiary/aromatic N) is 3. The molecule has 0 aromatic heterocycles. The molecule has 1 amide bonds. The Morgan fingerprint density at radius 1 is 0.939 bits per heavy atom. The lowest BCUT2D eigenvalue weighted by atomic mass is 9.72. The maximum Gasteiger partial charge on any atom is 0.321 e. The average molecular weight is 1120 g/mol. The van der Waals surface area contributed by atoms with Crippen molar-refractivity contribution in [2.45, 2.75) is 116 Å². The molecule has 2 aromatic rings. The van der Waals surface area contributed by atoms with Gasteiger partial charge >= 0.3 is 5.97 Å². The molecular weight excluding hydrogens is 1050 g/mol. The van der Waals surface area contributed by atoms with E-state index < -0.39 is 119 Å². The number of methoxy groups -OCH3 is 2. The van der Waals surface area contributed by atoms with Gasteiger partial charge in [-0.2, -0.15) is 0 Å². The summed E-state index contributed by atoms with van der Waals surface area (Å²) in [5.74, 6) is -7.73. The lowest BCUT2D eigenvalue weighted by Gasteiger charge is -2.43. The van der Waals surface area contributed by atoms with Crippen molar-refractivity contribution in [2.24, 2.45) is 32.7 Å². The SMILES string of the molecule is C=CC1=C(C)C2=NC1=CC1=NC(=CC3=C(C)C4=C(O)C(C(=O)OC)C(=C5NC(=C2)[C@@H](C)[C@@H]5CCC(=O)N[C@H]2C[C@H](O[C@H]5C[C@](O)(C(=O)CO)Cc6c(O)c7c(c(O)c65)C(=O)c5c(OC)cccc5C7=O)O[C@@H](C)[C@H]2O)C4=N3)C(CC)=C1C. The van der Waals surface area contributed by atoms with E-state index in [1.165, 1.54) is 32.4 Å². The number of phenolic OH excluding ortho intramolecular Hbond substituents is 2. The van der Waals surface area contributed by atoms with E-state index in [0.717, 1.165) is 33.7 Å². The minimum absolute atomic E-state index is 0.0400. The van der Waals surface area contributed by atoms with Crippen molar-refractivity contribution in [1.82, 2.24) is 10.6 Å². The van der Waals surface area contributed by atoms with Gasteiger partial charge in [0.2, 0.25) is 11.7 Å². The van der Waals surface area contributed by atoms with Gasteiger partial charge in [-0.15, -0.1) is 0 Å². The highest BCUT2D eigenvalue weighted by molar-refractivity contribution is 6.31. The molecule has 1 unspecified atom stereocenters. The molecule has 0 radical (unpaired) electrons. The standard InChI is InChI=1S/C62H63N5O15/c1-10-29-24(3)34-17-36-26(5)31(53(66-36)49-52(61(77)80-9)58(74)46-27(6)37(67-54(46)49)19-39-30(11-2)25(4)35(64-39)18-38(29)63-34)15-16-44(70)65-40-20-45(81-28(7)55(40)71)82-42-22-62(78,43(69)23-68)21-33-48(42)60(76)51-50(57(33)73)56(72)32-13-12-14-41(79-8)47(32)59(51)75/h10,12-14,17-19,26,28,31,40,42,45,52,55,66,68,71,73-74,76,78H,1,11,15-16,20-23H2,2-9H3,(H,65,70)/t26-,28-,31-,40-,42-,45-,52?,55+,62-/m0/s1. The van der Waals surface area contributed by atoms with Gasteiger partial charge < -0.3 is 60.2 Å². The fraction of sp³-hybridized carbons (Fsp3) is 0.387. The monoisotopic (exact) mass is 1120 g/mol. The number of Topliss-reactive ketones (excluding diaryl/α,β-unsaturated/α-hetero) is 1. The summed E-state index contributed by atoms with van der Waals surface area (Å²) in [6.07, 6.45) is 1.60. The number of fused-ring (bicyclic) bond motifs is 8. The van der Waals surface area contributed by atoms with Crippen LogP contribution in [-0.4, -0.2) is 128 Å². The average Bonchev–Trinajstić information content (AvgIpc) is 2.90. The highest BCUT2D eigenvalue weighted by atomic mass is 16.7. The number of aliphatic imine (C=N–C) groups is 3. The molecule has 6 aliphatic heterocycles. The zero-order valence-corrected chi connectivity index (χ0v) is 46.5. The largest absolute Gasteiger partial charge is 0.510 e. The first-order valence-electron chi connectivity index (χ1n) is 27.3. The van der Waals surface area contributed by atoms with Gasteiger partial charge in [0.1, 0.15) is 47.2 Å². The Bertz CT molecular complexity index is 3690. The first kappa shape index (κ1) is 55.8. The maximum absolute atomic E-state index is 14.4. The molecule has 426 valence electrons. The van der Waals surface area contributed by atoms with Crippen LogP contribution in [0.15, 0.2) is 137 Å². The molecular formula is C62H63N5O15. The lowest BCUT2D eigenvalue weighted by Crippen LogP contribution is -2.55. The van der Waals surface area contributed by atoms with Crippen LogP contribution in [0.4, 0.5) is 0 Å². The Morgan fingerprint density at radius 3 is 2.35 bits per heavy atom. The van der Waals surface area contributed by atoms with E-state index in [9.17, 15) is 54.6 Å². The minimum Gasteiger partial charge on any atom is -0.510 e. The number of aromatic hydroxyl groups is 2. The molecule has 2 fully saturated rings. The number of ether oxygens (including phenoxy) is 4. The minimum atomic E-state index is -2.41. The van der Waals surface area contributed by atoms with Crippen LogP contribution in [0.25, 0.3) is 0 Å². The second-order valence-electron chi connectivity index (χ2n) is 22.1. The fourth-order valence-corrected chi connectivity index (χ4v) is 13.2. The Morgan fingerprint density at radius 2 is 1.66 bits per heavy atom. The molecule has 2 aromatic carbocycles. The van der Waals surface area contributed by atoms with Crippen molar-refractivity contribution in [3.8, 4) is 17.2 Å². The molecule has 82 heavy (non-hydrogen) atoms. The van der Waals surface area contributed by atoms with Crippen LogP contribution in [-0.2, 0) is 35.0 Å². The van der Waals surface area contributed by atoms with Crippen LogP contribution in [0.3, 0.4) is 0 Å². The van der Waals surface area contributed by atoms with Crippen molar-refractivity contribution >= 4 is 46.4 Å². The molecule has 9 atom stereocenters. The summed E-state index contributed by atoms with van der Waals surface area (Å²) in [5, 5.41) is 76.0. The zero-order valence-electron chi connectivity index (χ0n) is 46.5. The third-order valence-electron chi connectivity index (χ3n) is 17.7. The lowest BCUT2D eigenvalue weighted by molar-refractivity contribution is -0.249. The summed E-state index contributed by atoms with van der Waals surface area (Å²) >= 11 is 0. The topological polar surface area (TPSA) is 305 Å². The van der Waals surface area contributed by atoms with Crippen molar-refractivity contribution in [3.05, 3.63) is 156 Å². The summed E-state index contributed by atoms with van der Waals surface area (Å²) in [7, 11) is 2.55. The summed E-state index contributed by atoms with van der Waals surface area (Å²) in [5.41, 5.74) is 5.92. The van der Waals surface area contributed by atoms with Gasteiger partial charge in [0.05, 0.1) is 83.4 Å². The molecule has 20 heteroatoms. The third-order valence-corrected chi connectivity index (χ3v) is 17.7. The molecule has 0 saturated carbocycles. The number of aliphatic hydroxyl groups is 4. The predicted octanol–water partition coefficient (Wildman–Crippen LogP) is 6.20. The molecule has 9 aliphatic rings. The molecule has 0 spiro atoms. The Kier molecular flexibility index (Phi) is 14.1. The summed E-state index contributed by atoms with van der Waals surface area (Å²) in [6.45, 7) is 14.4. The van der Waals surface area contributed by atoms with E-state index in [1.807, 2.05) is 45.9 Å². The van der Waals surface area contributed by atoms with Gasteiger partial charge in [-0.3, -0.25) is 24.0 Å². The van der Waals surface area contributed by atoms with E-state index in [4.69, 9.17) is 33.9 Å². The van der Waals surface area contributed by atoms with E-state index in [0.29, 0.717) is 57.4 Å². The first-order chi connectivity index (χ1) is 39.1. The molecule has 3 aliphatic carbocycles. The molecule has 2 saturated heterocycles. The number of aliphatic hydroxyl groups excluding tert-OH is 3. The summed E-state index contributed by atoms with van der Waals surface area (Å²) in [6, 6.07) is 3.27. The number of benzene rings is 2. The second kappa shape index (κ2) is 20.7. The number of nitrogens with one attached hydrogen (secondary N) is 2. The smallest absolute Gasteiger partial charge is 0.321 e. The van der Waals surface area contributed by atoms with Crippen molar-refractivity contribution < 1.29 is 73.6 Å². The van der Waals surface area contributed by atoms with Crippen LogP contribution in [0.5, 0.6) is 17.2 Å². The summed E-state index contributed by atoms with van der Waals surface area (Å²) < 4.78 is 23.3. The Hall–Kier alpha value is -8.14. The highest BCUT2D eigenvalue weighted by Crippen LogP contribution is 2.54. The number of carbonyl (C=O) groups excluding carboxylic acids is 5. The van der Waals surface area contributed by atoms with Gasteiger partial charge in [0, 0.05) is 82.3 Å². The maximum atomic E-state index is 14.4. The molecule has 8 bridgehead atoms. The van der Waals surface area contributed by atoms with Gasteiger partial charge in [0.25, 0.3) is 0 Å². The molecule has 20 nitrogen and oxygen atoms in total. The van der Waals surface area contributed by atoms with E-state index in [-0.39, 0.29) is 58.9 Å². The quantitative estimate of drug-likeness (QED) is 0.0740. The van der Waals surface area contributed by atoms with Crippen molar-refractivity contribution in [2.75, 3.05) is 20.8 Å². The van der Waals surface area contributed by atoms with Crippen molar-refractivity contribution in [1.29, 1.82) is 0 Å². The van der Waals surface area contributed by atoms with Crippen LogP contribution in [0, 0.1) is 17.8 Å². The third kappa shape index (κ3) is 8.60. The zero-order chi connectivity index (χ0) is 58.7. The van der Waals surface area contributed by atoms with Gasteiger partial charge in [-0.1, -0.05) is 38.6 Å². The number of hydrogen-bond acceptors (Lipinski definition) is 19. The number of amides is 1. The Labute approximate surface area is 471 Å². The van der Waals surface area contributed by atoms with Crippen LogP contribution >= 0.6 is 0 Å². The van der Waals surface area contributed by atoms with Gasteiger partial charge in [0.15, 0.2) is 17.9 Å². The van der Waals surface area contributed by atoms with Gasteiger partial charge in [-0.05, 0) is 87.1 Å². The molecule has 8 N–H and O–H groups in total. The van der Waals surface area contributed by atoms with Crippen LogP contribution in [0.2, 0.25) is 0 Å². The van der Waals surface area contributed by atoms with E-state index >= 15 is 0 Å². The number of carbonyl (C=O) groups is 5. The summed E-state index contributed by atoms with van der Waals surface area (Å²) in [4.78, 5) is 85.1. The number of phenols is 2. The number of ketones is 3. The predicted molar refractivity (Wildman–Crippen MR) is 298 cm³/mol. The second-order valence-corrected chi connectivity index (χ2v) is 22.1. The van der Waals surface area contributed by atoms with Crippen LogP contribution in [0.1, 0.15) is 123 Å². The molecule has 11 rings (SSSR count). The van der Waals surface area contributed by atoms with Crippen LogP contribution < -0.4 is 15.4 Å². The van der Waals surface area contributed by atoms with E-state index in [2.05, 4.69) is 24.1 Å². The Balaban J connectivity index is 0.910. The fourth-order valence-electron chi connectivity index (χ4n) is 13.2. The number of rotatable bonds is 12. The highest BCUT2D eigenvalue weighted by Gasteiger charge is 2.52. The number of hydrogen-bond donors (Lipinski definition) is 8. The van der Waals surface area contributed by atoms with Crippen molar-refractivity contribution in [3.63, 3.8) is 0 Å². The van der Waals surface area contributed by atoms with E-state index in [1.54, 1.807) is 13.0 Å². The normalized spacial score (nSPS) is 28.0. The number of esters is 1. The molecule has 6 heterocycles. The number of allylic oxidation sites excluding steroid dienone is 11. The van der Waals surface area contributed by atoms with Gasteiger partial charge in [-0.25, -0.2) is 15.0 Å².